The largest absolute Gasteiger partial charge is 0.365 e. The number of hydrogen-bond acceptors (Lipinski definition) is 6. The Balaban J connectivity index is 2.06. The third-order valence-corrected chi connectivity index (χ3v) is 6.70. The monoisotopic (exact) mass is 381 g/mol. The minimum atomic E-state index is -3.88. The minimum absolute atomic E-state index is 0.0341. The van der Waals surface area contributed by atoms with Gasteiger partial charge in [0.15, 0.2) is 0 Å². The van der Waals surface area contributed by atoms with Crippen molar-refractivity contribution in [1.82, 2.24) is 15.0 Å². The van der Waals surface area contributed by atoms with E-state index in [-0.39, 0.29) is 22.0 Å². The number of rotatable bonds is 5. The molecule has 1 aromatic heterocycles. The van der Waals surface area contributed by atoms with Crippen molar-refractivity contribution in [1.29, 1.82) is 0 Å². The van der Waals surface area contributed by atoms with Crippen LogP contribution in [0.1, 0.15) is 44.0 Å². The van der Waals surface area contributed by atoms with Gasteiger partial charge < -0.3 is 16.0 Å². The number of nitrogens with two attached hydrogens (primary N) is 1. The smallest absolute Gasteiger partial charge is 0.253 e. The molecule has 0 radical (unpaired) electrons. The van der Waals surface area contributed by atoms with Gasteiger partial charge in [-0.15, -0.1) is 0 Å². The van der Waals surface area contributed by atoms with E-state index in [1.165, 1.54) is 12.3 Å². The van der Waals surface area contributed by atoms with E-state index in [2.05, 4.69) is 35.8 Å². The third kappa shape index (κ3) is 3.56. The lowest BCUT2D eigenvalue weighted by Crippen LogP contribution is -2.41. The number of sulfonamides is 1. The average Bonchev–Trinajstić information content (AvgIpc) is 3.12. The molecule has 0 unspecified atom stereocenters. The second-order valence-corrected chi connectivity index (χ2v) is 9.60. The molecule has 0 aliphatic carbocycles. The zero-order chi connectivity index (χ0) is 19.1. The van der Waals surface area contributed by atoms with Crippen molar-refractivity contribution in [3.8, 4) is 0 Å². The molecule has 2 atom stereocenters. The molecule has 1 aromatic rings. The Morgan fingerprint density at radius 2 is 2.19 bits per heavy atom. The number of aromatic nitrogens is 1. The quantitative estimate of drug-likeness (QED) is 0.681. The summed E-state index contributed by atoms with van der Waals surface area (Å²) in [5.41, 5.74) is 5.33. The Labute approximate surface area is 154 Å². The molecule has 1 amide bonds. The molecule has 8 nitrogen and oxygen atoms in total. The molecule has 0 bridgehead atoms. The van der Waals surface area contributed by atoms with E-state index in [0.29, 0.717) is 31.2 Å². The van der Waals surface area contributed by atoms with Gasteiger partial charge in [-0.05, 0) is 45.2 Å². The molecule has 3 rings (SSSR count). The number of anilines is 1. The predicted molar refractivity (Wildman–Crippen MR) is 99.6 cm³/mol. The highest BCUT2D eigenvalue weighted by Crippen LogP contribution is 2.38. The summed E-state index contributed by atoms with van der Waals surface area (Å²) in [6.07, 6.45) is 3.07. The van der Waals surface area contributed by atoms with Gasteiger partial charge in [0.2, 0.25) is 10.0 Å². The van der Waals surface area contributed by atoms with Crippen LogP contribution in [-0.2, 0) is 10.0 Å². The Hall–Kier alpha value is -1.71. The number of amides is 1. The minimum Gasteiger partial charge on any atom is -0.365 e. The van der Waals surface area contributed by atoms with Crippen molar-refractivity contribution in [2.24, 2.45) is 11.7 Å². The molecule has 0 aromatic carbocycles. The van der Waals surface area contributed by atoms with Crippen molar-refractivity contribution >= 4 is 21.7 Å². The van der Waals surface area contributed by atoms with Crippen LogP contribution in [0.3, 0.4) is 0 Å². The SMILES string of the molecule is C[C@@H]1CN(c2nccc(S(=O)(=O)N[C@H]3CCNC3)c2C(N)=O)C(C)(C)C1. The van der Waals surface area contributed by atoms with Gasteiger partial charge in [0.1, 0.15) is 16.3 Å². The van der Waals surface area contributed by atoms with Gasteiger partial charge in [-0.2, -0.15) is 0 Å². The van der Waals surface area contributed by atoms with Gasteiger partial charge in [-0.1, -0.05) is 6.92 Å². The van der Waals surface area contributed by atoms with E-state index >= 15 is 0 Å². The van der Waals surface area contributed by atoms with Gasteiger partial charge in [0.25, 0.3) is 5.91 Å². The van der Waals surface area contributed by atoms with Crippen LogP contribution in [0.15, 0.2) is 17.2 Å². The number of carbonyl (C=O) groups is 1. The molecular formula is C17H27N5O3S. The lowest BCUT2D eigenvalue weighted by molar-refractivity contribution is 0.0997. The lowest BCUT2D eigenvalue weighted by Gasteiger charge is -2.34. The zero-order valence-electron chi connectivity index (χ0n) is 15.4. The number of pyridine rings is 1. The predicted octanol–water partition coefficient (Wildman–Crippen LogP) is 0.446. The summed E-state index contributed by atoms with van der Waals surface area (Å²) < 4.78 is 28.5. The summed E-state index contributed by atoms with van der Waals surface area (Å²) in [6.45, 7) is 8.28. The topological polar surface area (TPSA) is 117 Å². The lowest BCUT2D eigenvalue weighted by atomic mass is 9.97. The Morgan fingerprint density at radius 3 is 2.73 bits per heavy atom. The number of nitrogens with zero attached hydrogens (tertiary/aromatic N) is 2. The summed E-state index contributed by atoms with van der Waals surface area (Å²) in [5.74, 6) is -0.0249. The molecule has 3 heterocycles. The van der Waals surface area contributed by atoms with E-state index in [4.69, 9.17) is 5.73 Å². The maximum Gasteiger partial charge on any atom is 0.253 e. The van der Waals surface area contributed by atoms with Gasteiger partial charge in [-0.3, -0.25) is 4.79 Å². The van der Waals surface area contributed by atoms with E-state index in [1.54, 1.807) is 0 Å². The molecule has 2 saturated heterocycles. The third-order valence-electron chi connectivity index (χ3n) is 5.14. The van der Waals surface area contributed by atoms with Crippen LogP contribution in [0, 0.1) is 5.92 Å². The Kier molecular flexibility index (Phi) is 4.98. The molecular weight excluding hydrogens is 354 g/mol. The van der Waals surface area contributed by atoms with Crippen LogP contribution in [-0.4, -0.2) is 50.5 Å². The fourth-order valence-corrected chi connectivity index (χ4v) is 5.56. The van der Waals surface area contributed by atoms with Gasteiger partial charge >= 0.3 is 0 Å². The fourth-order valence-electron chi connectivity index (χ4n) is 4.09. The fraction of sp³-hybridized carbons (Fsp3) is 0.647. The second-order valence-electron chi connectivity index (χ2n) is 7.92. The van der Waals surface area contributed by atoms with Gasteiger partial charge in [0, 0.05) is 30.9 Å². The summed E-state index contributed by atoms with van der Waals surface area (Å²) in [5, 5.41) is 3.12. The molecule has 4 N–H and O–H groups in total. The molecule has 2 fully saturated rings. The van der Waals surface area contributed by atoms with Crippen molar-refractivity contribution in [3.05, 3.63) is 17.8 Å². The first kappa shape index (κ1) is 19.1. The van der Waals surface area contributed by atoms with E-state index in [0.717, 1.165) is 13.0 Å². The number of primary amides is 1. The van der Waals surface area contributed by atoms with Crippen LogP contribution in [0.25, 0.3) is 0 Å². The highest BCUT2D eigenvalue weighted by Gasteiger charge is 2.40. The number of carbonyl (C=O) groups excluding carboxylic acids is 1. The summed E-state index contributed by atoms with van der Waals surface area (Å²) in [7, 11) is -3.88. The average molecular weight is 382 g/mol. The number of nitrogens with one attached hydrogen (secondary N) is 2. The van der Waals surface area contributed by atoms with Crippen LogP contribution in [0.4, 0.5) is 5.82 Å². The summed E-state index contributed by atoms with van der Waals surface area (Å²) >= 11 is 0. The van der Waals surface area contributed by atoms with E-state index in [9.17, 15) is 13.2 Å². The first-order valence-electron chi connectivity index (χ1n) is 8.91. The van der Waals surface area contributed by atoms with Crippen LogP contribution < -0.4 is 20.7 Å². The van der Waals surface area contributed by atoms with Gasteiger partial charge in [-0.25, -0.2) is 18.1 Å². The van der Waals surface area contributed by atoms with Crippen LogP contribution >= 0.6 is 0 Å². The van der Waals surface area contributed by atoms with Crippen molar-refractivity contribution < 1.29 is 13.2 Å². The molecule has 144 valence electrons. The molecule has 0 saturated carbocycles. The zero-order valence-corrected chi connectivity index (χ0v) is 16.3. The molecule has 2 aliphatic rings. The first-order chi connectivity index (χ1) is 12.1. The molecule has 9 heteroatoms. The summed E-state index contributed by atoms with van der Waals surface area (Å²) in [6, 6.07) is 1.15. The molecule has 0 spiro atoms. The van der Waals surface area contributed by atoms with Crippen LogP contribution in [0.5, 0.6) is 0 Å². The van der Waals surface area contributed by atoms with Crippen molar-refractivity contribution in [2.45, 2.75) is 50.1 Å². The Bertz CT molecular complexity index is 803. The van der Waals surface area contributed by atoms with Gasteiger partial charge in [0.05, 0.1) is 0 Å². The highest BCUT2D eigenvalue weighted by molar-refractivity contribution is 7.89. The maximum absolute atomic E-state index is 12.9. The standard InChI is InChI=1S/C17H27N5O3S/c1-11-8-17(2,3)22(10-11)16-14(15(18)23)13(5-7-20-16)26(24,25)21-12-4-6-19-9-12/h5,7,11-12,19,21H,4,6,8-10H2,1-3H3,(H2,18,23)/t11-,12-/m0/s1. The highest BCUT2D eigenvalue weighted by atomic mass is 32.2. The van der Waals surface area contributed by atoms with Crippen molar-refractivity contribution in [2.75, 3.05) is 24.5 Å². The summed E-state index contributed by atoms with van der Waals surface area (Å²) in [4.78, 5) is 18.5. The maximum atomic E-state index is 12.9. The first-order valence-corrected chi connectivity index (χ1v) is 10.4. The van der Waals surface area contributed by atoms with Crippen LogP contribution in [0.2, 0.25) is 0 Å². The Morgan fingerprint density at radius 1 is 1.46 bits per heavy atom. The second kappa shape index (κ2) is 6.79. The van der Waals surface area contributed by atoms with E-state index in [1.807, 2.05) is 4.90 Å². The van der Waals surface area contributed by atoms with Crippen molar-refractivity contribution in [3.63, 3.8) is 0 Å². The molecule has 26 heavy (non-hydrogen) atoms. The number of hydrogen-bond donors (Lipinski definition) is 3. The molecule has 2 aliphatic heterocycles. The van der Waals surface area contributed by atoms with E-state index < -0.39 is 15.9 Å². The normalized spacial score (nSPS) is 25.6.